The highest BCUT2D eigenvalue weighted by Gasteiger charge is 2.31. The van der Waals surface area contributed by atoms with Crippen molar-refractivity contribution in [2.75, 3.05) is 9.80 Å². The Labute approximate surface area is 226 Å². The number of quaternary nitrogens is 1. The molecule has 0 saturated heterocycles. The van der Waals surface area contributed by atoms with Gasteiger partial charge in [-0.2, -0.15) is 5.23 Å². The third-order valence-electron chi connectivity index (χ3n) is 5.80. The van der Waals surface area contributed by atoms with Crippen LogP contribution in [0.5, 0.6) is 0 Å². The molecule has 0 spiro atoms. The Morgan fingerprint density at radius 1 is 0.641 bits per heavy atom. The van der Waals surface area contributed by atoms with Gasteiger partial charge in [-0.05, 0) is 29.3 Å². The van der Waals surface area contributed by atoms with E-state index in [2.05, 4.69) is 0 Å². The number of hydrogen-bond acceptors (Lipinski definition) is 6. The van der Waals surface area contributed by atoms with Crippen LogP contribution in [-0.2, 0) is 19.2 Å². The standard InChI is InChI=1S/C30H29N3O6/c1-20(34)31(21(2)35)28-19-29(32(22(3)36)23(4)37)27(18-16-25-13-9-6-10-14-25)30(33(38)39)26(28)17-15-24-11-7-5-8-12-24/h5-19,33,38H,1-4H3. The van der Waals surface area contributed by atoms with Gasteiger partial charge in [0.25, 0.3) is 0 Å². The Morgan fingerprint density at radius 3 is 1.26 bits per heavy atom. The molecule has 4 amide bonds. The van der Waals surface area contributed by atoms with E-state index in [1.54, 1.807) is 12.2 Å². The van der Waals surface area contributed by atoms with E-state index in [4.69, 9.17) is 0 Å². The lowest BCUT2D eigenvalue weighted by Gasteiger charge is -2.29. The number of amides is 4. The van der Waals surface area contributed by atoms with Crippen LogP contribution in [0, 0.1) is 5.21 Å². The van der Waals surface area contributed by atoms with Crippen LogP contribution in [0.25, 0.3) is 24.3 Å². The largest absolute Gasteiger partial charge is 0.595 e. The van der Waals surface area contributed by atoms with Gasteiger partial charge in [-0.3, -0.25) is 29.0 Å². The van der Waals surface area contributed by atoms with Crippen LogP contribution in [0.3, 0.4) is 0 Å². The van der Waals surface area contributed by atoms with Gasteiger partial charge in [-0.1, -0.05) is 72.8 Å². The molecule has 0 aliphatic rings. The number of anilines is 2. The zero-order valence-electron chi connectivity index (χ0n) is 22.0. The second-order valence-electron chi connectivity index (χ2n) is 8.66. The van der Waals surface area contributed by atoms with Gasteiger partial charge in [0, 0.05) is 27.7 Å². The highest BCUT2D eigenvalue weighted by molar-refractivity contribution is 6.19. The van der Waals surface area contributed by atoms with Gasteiger partial charge in [0.1, 0.15) is 0 Å². The first-order valence-corrected chi connectivity index (χ1v) is 12.1. The zero-order chi connectivity index (χ0) is 28.7. The summed E-state index contributed by atoms with van der Waals surface area (Å²) in [5.41, 5.74) is 1.17. The lowest BCUT2D eigenvalue weighted by atomic mass is 9.98. The Bertz CT molecular complexity index is 1310. The van der Waals surface area contributed by atoms with Crippen molar-refractivity contribution < 1.29 is 29.6 Å². The van der Waals surface area contributed by atoms with Crippen LogP contribution in [0.1, 0.15) is 49.9 Å². The molecular formula is C30H29N3O6. The first-order chi connectivity index (χ1) is 18.5. The minimum atomic E-state index is -1.38. The molecule has 9 nitrogen and oxygen atoms in total. The Balaban J connectivity index is 2.50. The molecule has 0 bridgehead atoms. The van der Waals surface area contributed by atoms with E-state index < -0.39 is 28.9 Å². The monoisotopic (exact) mass is 527 g/mol. The molecule has 0 aliphatic heterocycles. The van der Waals surface area contributed by atoms with E-state index in [-0.39, 0.29) is 28.2 Å². The minimum absolute atomic E-state index is 0.0558. The molecule has 3 rings (SSSR count). The molecule has 2 N–H and O–H groups in total. The highest BCUT2D eigenvalue weighted by Crippen LogP contribution is 2.40. The van der Waals surface area contributed by atoms with E-state index in [0.29, 0.717) is 0 Å². The maximum absolute atomic E-state index is 12.8. The van der Waals surface area contributed by atoms with Crippen molar-refractivity contribution in [1.82, 2.24) is 0 Å². The van der Waals surface area contributed by atoms with Gasteiger partial charge in [0.05, 0.1) is 22.5 Å². The summed E-state index contributed by atoms with van der Waals surface area (Å²) < 4.78 is 0. The number of hydrogen-bond donors (Lipinski definition) is 2. The fourth-order valence-corrected chi connectivity index (χ4v) is 4.23. The summed E-state index contributed by atoms with van der Waals surface area (Å²) in [6.07, 6.45) is 6.31. The van der Waals surface area contributed by atoms with Crippen molar-refractivity contribution in [1.29, 1.82) is 0 Å². The van der Waals surface area contributed by atoms with Crippen LogP contribution >= 0.6 is 0 Å². The van der Waals surface area contributed by atoms with Crippen molar-refractivity contribution >= 4 is 65.0 Å². The smallest absolute Gasteiger partial charge is 0.230 e. The fraction of sp³-hybridized carbons (Fsp3) is 0.133. The number of benzene rings is 3. The van der Waals surface area contributed by atoms with Crippen LogP contribution in [-0.4, -0.2) is 28.8 Å². The Kier molecular flexibility index (Phi) is 9.40. The van der Waals surface area contributed by atoms with Crippen molar-refractivity contribution in [2.45, 2.75) is 27.7 Å². The third-order valence-corrected chi connectivity index (χ3v) is 5.80. The molecule has 0 fully saturated rings. The number of imide groups is 2. The predicted octanol–water partition coefficient (Wildman–Crippen LogP) is 4.23. The SMILES string of the molecule is CC(=O)N(C(C)=O)c1cc(N(C(C)=O)C(C)=O)c(C=Cc2ccccc2)c([NH+]([O-])O)c1C=Cc1ccccc1. The molecule has 1 unspecified atom stereocenters. The number of nitrogens with one attached hydrogen (secondary N) is 1. The summed E-state index contributed by atoms with van der Waals surface area (Å²) in [5.74, 6) is -2.65. The molecule has 0 radical (unpaired) electrons. The molecule has 1 atom stereocenters. The van der Waals surface area contributed by atoms with Gasteiger partial charge >= 0.3 is 0 Å². The average molecular weight is 528 g/mol. The topological polar surface area (TPSA) is 122 Å². The lowest BCUT2D eigenvalue weighted by Crippen LogP contribution is -2.99. The van der Waals surface area contributed by atoms with Crippen molar-refractivity contribution in [3.63, 3.8) is 0 Å². The molecular weight excluding hydrogens is 498 g/mol. The zero-order valence-corrected chi connectivity index (χ0v) is 22.0. The minimum Gasteiger partial charge on any atom is -0.595 e. The van der Waals surface area contributed by atoms with Crippen molar-refractivity contribution in [3.05, 3.63) is 94.2 Å². The van der Waals surface area contributed by atoms with Gasteiger partial charge in [0.2, 0.25) is 23.6 Å². The number of nitrogens with zero attached hydrogens (tertiary/aromatic N) is 2. The molecule has 3 aromatic rings. The van der Waals surface area contributed by atoms with E-state index in [0.717, 1.165) is 20.9 Å². The molecule has 0 aromatic heterocycles. The van der Waals surface area contributed by atoms with E-state index in [1.165, 1.54) is 45.9 Å². The maximum Gasteiger partial charge on any atom is 0.230 e. The summed E-state index contributed by atoms with van der Waals surface area (Å²) in [5, 5.41) is 21.9. The summed E-state index contributed by atoms with van der Waals surface area (Å²) in [6, 6.07) is 19.5. The summed E-state index contributed by atoms with van der Waals surface area (Å²) in [6.45, 7) is 4.68. The normalized spacial score (nSPS) is 11.9. The number of rotatable bonds is 7. The van der Waals surface area contributed by atoms with Gasteiger partial charge in [-0.15, -0.1) is 0 Å². The van der Waals surface area contributed by atoms with Crippen LogP contribution in [0.2, 0.25) is 0 Å². The van der Waals surface area contributed by atoms with Crippen LogP contribution in [0.4, 0.5) is 17.1 Å². The molecule has 9 heteroatoms. The van der Waals surface area contributed by atoms with Gasteiger partial charge < -0.3 is 5.21 Å². The molecule has 200 valence electrons. The second-order valence-corrected chi connectivity index (χ2v) is 8.66. The lowest BCUT2D eigenvalue weighted by molar-refractivity contribution is -0.991. The molecule has 0 saturated carbocycles. The third kappa shape index (κ3) is 6.79. The average Bonchev–Trinajstić information content (AvgIpc) is 2.87. The summed E-state index contributed by atoms with van der Waals surface area (Å²) in [7, 11) is 0. The molecule has 3 aromatic carbocycles. The molecule has 39 heavy (non-hydrogen) atoms. The van der Waals surface area contributed by atoms with Crippen molar-refractivity contribution in [3.8, 4) is 0 Å². The molecule has 0 heterocycles. The number of carbonyl (C=O) groups is 4. The number of carbonyl (C=O) groups excluding carboxylic acids is 4. The quantitative estimate of drug-likeness (QED) is 0.350. The Morgan fingerprint density at radius 2 is 0.974 bits per heavy atom. The first-order valence-electron chi connectivity index (χ1n) is 12.1. The maximum atomic E-state index is 12.8. The first kappa shape index (κ1) is 28.9. The van der Waals surface area contributed by atoms with Crippen molar-refractivity contribution in [2.24, 2.45) is 0 Å². The van der Waals surface area contributed by atoms with Gasteiger partial charge in [-0.25, -0.2) is 5.21 Å². The highest BCUT2D eigenvalue weighted by atomic mass is 16.8. The van der Waals surface area contributed by atoms with Crippen LogP contribution in [0.15, 0.2) is 66.7 Å². The van der Waals surface area contributed by atoms with Gasteiger partial charge in [0.15, 0.2) is 5.69 Å². The van der Waals surface area contributed by atoms with E-state index >= 15 is 0 Å². The fourth-order valence-electron chi connectivity index (χ4n) is 4.23. The predicted molar refractivity (Wildman–Crippen MR) is 151 cm³/mol. The molecule has 0 aliphatic carbocycles. The van der Waals surface area contributed by atoms with E-state index in [9.17, 15) is 29.6 Å². The van der Waals surface area contributed by atoms with E-state index in [1.807, 2.05) is 60.7 Å². The second kappa shape index (κ2) is 12.7. The Hall–Kier alpha value is -4.70. The summed E-state index contributed by atoms with van der Waals surface area (Å²) in [4.78, 5) is 52.1. The van der Waals surface area contributed by atoms with Crippen LogP contribution < -0.4 is 15.0 Å². The summed E-state index contributed by atoms with van der Waals surface area (Å²) >= 11 is 0.